The van der Waals surface area contributed by atoms with Gasteiger partial charge in [0.15, 0.2) is 6.29 Å². The number of hydrogen-bond donors (Lipinski definition) is 1. The Morgan fingerprint density at radius 2 is 2.06 bits per heavy atom. The summed E-state index contributed by atoms with van der Waals surface area (Å²) in [4.78, 5) is 4.38. The molecule has 1 aromatic heterocycles. The molecule has 0 spiro atoms. The van der Waals surface area contributed by atoms with Crippen molar-refractivity contribution in [2.75, 3.05) is 20.8 Å². The first-order valence-corrected chi connectivity index (χ1v) is 6.90. The molecule has 0 bridgehead atoms. The van der Waals surface area contributed by atoms with Crippen LogP contribution < -0.4 is 5.32 Å². The van der Waals surface area contributed by atoms with Gasteiger partial charge in [0.25, 0.3) is 0 Å². The molecule has 0 saturated carbocycles. The number of nitrogens with one attached hydrogen (secondary N) is 1. The van der Waals surface area contributed by atoms with E-state index in [0.29, 0.717) is 0 Å². The summed E-state index contributed by atoms with van der Waals surface area (Å²) in [5.74, 6) is 0. The molecule has 1 rings (SSSR count). The number of hydrogen-bond acceptors (Lipinski definition) is 4. The van der Waals surface area contributed by atoms with Crippen LogP contribution in [0, 0.1) is 0 Å². The molecule has 0 radical (unpaired) electrons. The third-order valence-electron chi connectivity index (χ3n) is 2.67. The minimum Gasteiger partial charge on any atom is -0.354 e. The molecule has 0 aliphatic heterocycles. The molecule has 0 aliphatic rings. The van der Waals surface area contributed by atoms with Crippen LogP contribution in [0.15, 0.2) is 22.8 Å². The first-order chi connectivity index (χ1) is 8.71. The molecule has 1 heterocycles. The summed E-state index contributed by atoms with van der Waals surface area (Å²) >= 11 is 3.38. The SMILES string of the molecule is CCCNC(Cc1ccc(Br)cn1)C(OC)OC. The van der Waals surface area contributed by atoms with Crippen molar-refractivity contribution < 1.29 is 9.47 Å². The predicted molar refractivity (Wildman–Crippen MR) is 75.5 cm³/mol. The highest BCUT2D eigenvalue weighted by molar-refractivity contribution is 9.10. The van der Waals surface area contributed by atoms with E-state index < -0.39 is 0 Å². The van der Waals surface area contributed by atoms with Gasteiger partial charge in [-0.3, -0.25) is 4.98 Å². The molecule has 1 aromatic rings. The molecule has 1 N–H and O–H groups in total. The van der Waals surface area contributed by atoms with E-state index in [1.807, 2.05) is 12.1 Å². The lowest BCUT2D eigenvalue weighted by molar-refractivity contribution is -0.122. The van der Waals surface area contributed by atoms with Gasteiger partial charge in [-0.1, -0.05) is 6.92 Å². The number of rotatable bonds is 8. The van der Waals surface area contributed by atoms with Crippen LogP contribution in [0.5, 0.6) is 0 Å². The smallest absolute Gasteiger partial charge is 0.172 e. The van der Waals surface area contributed by atoms with Crippen LogP contribution in [0.2, 0.25) is 0 Å². The molecule has 0 aromatic carbocycles. The van der Waals surface area contributed by atoms with Crippen LogP contribution >= 0.6 is 15.9 Å². The van der Waals surface area contributed by atoms with E-state index >= 15 is 0 Å². The number of nitrogens with zero attached hydrogens (tertiary/aromatic N) is 1. The quantitative estimate of drug-likeness (QED) is 0.748. The van der Waals surface area contributed by atoms with Gasteiger partial charge in [0.1, 0.15) is 0 Å². The fraction of sp³-hybridized carbons (Fsp3) is 0.615. The lowest BCUT2D eigenvalue weighted by Crippen LogP contribution is -2.44. The summed E-state index contributed by atoms with van der Waals surface area (Å²) in [6, 6.07) is 4.11. The molecular weight excluding hydrogens is 296 g/mol. The van der Waals surface area contributed by atoms with E-state index in [9.17, 15) is 0 Å². The first-order valence-electron chi connectivity index (χ1n) is 6.10. The van der Waals surface area contributed by atoms with Gasteiger partial charge in [-0.15, -0.1) is 0 Å². The third kappa shape index (κ3) is 5.02. The molecule has 0 saturated heterocycles. The fourth-order valence-electron chi connectivity index (χ4n) is 1.77. The third-order valence-corrected chi connectivity index (χ3v) is 3.14. The molecule has 1 atom stereocenters. The van der Waals surface area contributed by atoms with Gasteiger partial charge in [-0.25, -0.2) is 0 Å². The minimum atomic E-state index is -0.262. The normalized spacial score (nSPS) is 12.9. The number of aromatic nitrogens is 1. The lowest BCUT2D eigenvalue weighted by atomic mass is 10.1. The van der Waals surface area contributed by atoms with E-state index in [-0.39, 0.29) is 12.3 Å². The van der Waals surface area contributed by atoms with E-state index in [2.05, 4.69) is 33.2 Å². The maximum Gasteiger partial charge on any atom is 0.172 e. The zero-order chi connectivity index (χ0) is 13.4. The number of pyridine rings is 1. The highest BCUT2D eigenvalue weighted by atomic mass is 79.9. The van der Waals surface area contributed by atoms with Crippen molar-refractivity contribution in [2.24, 2.45) is 0 Å². The minimum absolute atomic E-state index is 0.105. The average molecular weight is 317 g/mol. The van der Waals surface area contributed by atoms with Crippen LogP contribution in [0.1, 0.15) is 19.0 Å². The van der Waals surface area contributed by atoms with Crippen molar-refractivity contribution in [3.8, 4) is 0 Å². The predicted octanol–water partition coefficient (Wildman–Crippen LogP) is 2.37. The molecule has 18 heavy (non-hydrogen) atoms. The average Bonchev–Trinajstić information content (AvgIpc) is 2.39. The maximum atomic E-state index is 5.33. The Bertz CT molecular complexity index is 328. The van der Waals surface area contributed by atoms with Crippen molar-refractivity contribution in [1.29, 1.82) is 0 Å². The van der Waals surface area contributed by atoms with E-state index in [0.717, 1.165) is 29.6 Å². The monoisotopic (exact) mass is 316 g/mol. The lowest BCUT2D eigenvalue weighted by Gasteiger charge is -2.25. The van der Waals surface area contributed by atoms with Gasteiger partial charge in [-0.05, 0) is 41.0 Å². The Morgan fingerprint density at radius 1 is 1.33 bits per heavy atom. The Labute approximate surface area is 117 Å². The second-order valence-corrected chi connectivity index (χ2v) is 4.99. The zero-order valence-corrected chi connectivity index (χ0v) is 12.7. The fourth-order valence-corrected chi connectivity index (χ4v) is 2.01. The van der Waals surface area contributed by atoms with Crippen LogP contribution in [0.3, 0.4) is 0 Å². The maximum absolute atomic E-state index is 5.33. The second kappa shape index (κ2) is 8.58. The van der Waals surface area contributed by atoms with Gasteiger partial charge in [0.05, 0.1) is 6.04 Å². The van der Waals surface area contributed by atoms with Crippen LogP contribution in [0.4, 0.5) is 0 Å². The summed E-state index contributed by atoms with van der Waals surface area (Å²) < 4.78 is 11.7. The van der Waals surface area contributed by atoms with E-state index in [1.165, 1.54) is 0 Å². The zero-order valence-electron chi connectivity index (χ0n) is 11.1. The summed E-state index contributed by atoms with van der Waals surface area (Å²) in [5.41, 5.74) is 1.02. The van der Waals surface area contributed by atoms with Crippen molar-refractivity contribution in [3.63, 3.8) is 0 Å². The van der Waals surface area contributed by atoms with Crippen LogP contribution in [0.25, 0.3) is 0 Å². The van der Waals surface area contributed by atoms with Crippen molar-refractivity contribution in [2.45, 2.75) is 32.1 Å². The Kier molecular flexibility index (Phi) is 7.42. The summed E-state index contributed by atoms with van der Waals surface area (Å²) in [7, 11) is 3.31. The molecule has 102 valence electrons. The van der Waals surface area contributed by atoms with Crippen LogP contribution in [-0.2, 0) is 15.9 Å². The highest BCUT2D eigenvalue weighted by Crippen LogP contribution is 2.11. The Morgan fingerprint density at radius 3 is 2.56 bits per heavy atom. The molecule has 0 fully saturated rings. The topological polar surface area (TPSA) is 43.4 Å². The van der Waals surface area contributed by atoms with Crippen LogP contribution in [-0.4, -0.2) is 38.1 Å². The van der Waals surface area contributed by atoms with Gasteiger partial charge in [-0.2, -0.15) is 0 Å². The first kappa shape index (κ1) is 15.6. The Hall–Kier alpha value is -0.490. The molecule has 5 heteroatoms. The number of methoxy groups -OCH3 is 2. The standard InChI is InChI=1S/C13H21BrN2O2/c1-4-7-15-12(13(17-2)18-3)8-11-6-5-10(14)9-16-11/h5-6,9,12-13,15H,4,7-8H2,1-3H3. The van der Waals surface area contributed by atoms with Gasteiger partial charge < -0.3 is 14.8 Å². The molecule has 0 aliphatic carbocycles. The highest BCUT2D eigenvalue weighted by Gasteiger charge is 2.20. The Balaban J connectivity index is 2.67. The summed E-state index contributed by atoms with van der Waals surface area (Å²) in [6.07, 6.45) is 3.40. The molecule has 1 unspecified atom stereocenters. The largest absolute Gasteiger partial charge is 0.354 e. The van der Waals surface area contributed by atoms with Gasteiger partial charge >= 0.3 is 0 Å². The second-order valence-electron chi connectivity index (χ2n) is 4.07. The summed E-state index contributed by atoms with van der Waals surface area (Å²) in [6.45, 7) is 3.07. The molecular formula is C13H21BrN2O2. The number of ether oxygens (including phenoxy) is 2. The van der Waals surface area contributed by atoms with Crippen molar-refractivity contribution in [1.82, 2.24) is 10.3 Å². The van der Waals surface area contributed by atoms with Gasteiger partial charge in [0.2, 0.25) is 0 Å². The number of halogens is 1. The van der Waals surface area contributed by atoms with Crippen molar-refractivity contribution in [3.05, 3.63) is 28.5 Å². The van der Waals surface area contributed by atoms with E-state index in [4.69, 9.17) is 9.47 Å². The van der Waals surface area contributed by atoms with E-state index in [1.54, 1.807) is 20.4 Å². The van der Waals surface area contributed by atoms with Gasteiger partial charge in [0, 0.05) is 37.0 Å². The molecule has 4 nitrogen and oxygen atoms in total. The summed E-state index contributed by atoms with van der Waals surface area (Å²) in [5, 5.41) is 3.43. The molecule has 0 amide bonds. The van der Waals surface area contributed by atoms with Crippen molar-refractivity contribution >= 4 is 15.9 Å².